The topological polar surface area (TPSA) is 61.1 Å². The number of carbonyl (C=O) groups is 1. The molecule has 1 aromatic heterocycles. The average Bonchev–Trinajstić information content (AvgIpc) is 3.09. The number of hydrogen-bond donors (Lipinski definition) is 0. The molecule has 0 spiro atoms. The molecule has 2 aliphatic rings. The van der Waals surface area contributed by atoms with Gasteiger partial charge in [-0.1, -0.05) is 0 Å². The summed E-state index contributed by atoms with van der Waals surface area (Å²) in [6, 6.07) is 2.01. The minimum Gasteiger partial charge on any atom is -0.469 e. The maximum absolute atomic E-state index is 12.4. The summed E-state index contributed by atoms with van der Waals surface area (Å²) in [5.41, 5.74) is -0.363. The Morgan fingerprint density at radius 2 is 1.85 bits per heavy atom. The van der Waals surface area contributed by atoms with Crippen LogP contribution in [0.25, 0.3) is 0 Å². The Labute approximate surface area is 162 Å². The predicted molar refractivity (Wildman–Crippen MR) is 104 cm³/mol. The Kier molecular flexibility index (Phi) is 5.14. The van der Waals surface area contributed by atoms with Gasteiger partial charge in [0.15, 0.2) is 0 Å². The third-order valence-corrected chi connectivity index (χ3v) is 5.64. The molecule has 0 bridgehead atoms. The highest BCUT2D eigenvalue weighted by Crippen LogP contribution is 2.37. The number of rotatable bonds is 2. The van der Waals surface area contributed by atoms with Gasteiger partial charge in [0, 0.05) is 24.5 Å². The molecule has 3 heterocycles. The van der Waals surface area contributed by atoms with E-state index in [0.717, 1.165) is 30.6 Å². The third kappa shape index (κ3) is 4.35. The van der Waals surface area contributed by atoms with Crippen molar-refractivity contribution in [3.8, 4) is 0 Å². The molecule has 0 aromatic carbocycles. The van der Waals surface area contributed by atoms with Crippen molar-refractivity contribution in [3.05, 3.63) is 18.1 Å². The lowest BCUT2D eigenvalue weighted by Crippen LogP contribution is -2.42. The van der Waals surface area contributed by atoms with Gasteiger partial charge in [0.2, 0.25) is 0 Å². The van der Waals surface area contributed by atoms with Gasteiger partial charge in [0.1, 0.15) is 11.4 Å². The molecule has 7 heteroatoms. The van der Waals surface area contributed by atoms with Crippen LogP contribution in [-0.4, -0.2) is 48.0 Å². The molecule has 1 amide bonds. The standard InChI is InChI=1S/C20H32BNO5/c1-18(2,3)25-17(23)22-10-8-9-14(12-22)16-11-15(13-24-16)21-26-19(4,5)20(6,7)27-21/h11,13-14H,8-10,12H2,1-7H3. The summed E-state index contributed by atoms with van der Waals surface area (Å²) in [5.74, 6) is 1.02. The van der Waals surface area contributed by atoms with Crippen LogP contribution in [0.5, 0.6) is 0 Å². The third-order valence-electron chi connectivity index (χ3n) is 5.64. The lowest BCUT2D eigenvalue weighted by atomic mass is 9.80. The number of piperidine rings is 1. The van der Waals surface area contributed by atoms with E-state index in [1.165, 1.54) is 0 Å². The normalized spacial score (nSPS) is 24.9. The number of hydrogen-bond acceptors (Lipinski definition) is 5. The van der Waals surface area contributed by atoms with E-state index in [9.17, 15) is 4.79 Å². The Morgan fingerprint density at radius 1 is 1.22 bits per heavy atom. The molecular formula is C20H32BNO5. The minimum absolute atomic E-state index is 0.155. The highest BCUT2D eigenvalue weighted by Gasteiger charge is 2.52. The molecule has 0 N–H and O–H groups in total. The highest BCUT2D eigenvalue weighted by atomic mass is 16.7. The van der Waals surface area contributed by atoms with E-state index in [-0.39, 0.29) is 23.2 Å². The lowest BCUT2D eigenvalue weighted by molar-refractivity contribution is 0.00578. The predicted octanol–water partition coefficient (Wildman–Crippen LogP) is 3.69. The van der Waals surface area contributed by atoms with Crippen molar-refractivity contribution >= 4 is 18.7 Å². The SMILES string of the molecule is CC(C)(C)OC(=O)N1CCCC(c2cc(B3OC(C)(C)C(C)(C)O3)co2)C1. The first-order chi connectivity index (χ1) is 12.4. The summed E-state index contributed by atoms with van der Waals surface area (Å²) in [6.07, 6.45) is 3.36. The lowest BCUT2D eigenvalue weighted by Gasteiger charge is -2.33. The minimum atomic E-state index is -0.487. The van der Waals surface area contributed by atoms with E-state index < -0.39 is 12.7 Å². The van der Waals surface area contributed by atoms with Gasteiger partial charge >= 0.3 is 13.2 Å². The largest absolute Gasteiger partial charge is 0.498 e. The van der Waals surface area contributed by atoms with Gasteiger partial charge in [-0.25, -0.2) is 4.79 Å². The Morgan fingerprint density at radius 3 is 2.44 bits per heavy atom. The molecule has 6 nitrogen and oxygen atoms in total. The van der Waals surface area contributed by atoms with Crippen LogP contribution < -0.4 is 5.46 Å². The zero-order valence-electron chi connectivity index (χ0n) is 17.6. The monoisotopic (exact) mass is 377 g/mol. The summed E-state index contributed by atoms with van der Waals surface area (Å²) in [5, 5.41) is 0. The second kappa shape index (κ2) is 6.85. The van der Waals surface area contributed by atoms with E-state index in [4.69, 9.17) is 18.5 Å². The Hall–Kier alpha value is -1.47. The van der Waals surface area contributed by atoms with Crippen LogP contribution in [0.2, 0.25) is 0 Å². The molecule has 2 aliphatic heterocycles. The fourth-order valence-electron chi connectivity index (χ4n) is 3.39. The van der Waals surface area contributed by atoms with Crippen molar-refractivity contribution in [2.45, 2.75) is 84.0 Å². The number of nitrogens with zero attached hydrogens (tertiary/aromatic N) is 1. The van der Waals surface area contributed by atoms with Gasteiger partial charge in [0.25, 0.3) is 0 Å². The van der Waals surface area contributed by atoms with Crippen LogP contribution >= 0.6 is 0 Å². The van der Waals surface area contributed by atoms with Crippen LogP contribution in [0.15, 0.2) is 16.7 Å². The number of furan rings is 1. The summed E-state index contributed by atoms with van der Waals surface area (Å²) < 4.78 is 23.5. The quantitative estimate of drug-likeness (QED) is 0.736. The maximum atomic E-state index is 12.4. The van der Waals surface area contributed by atoms with Crippen LogP contribution in [0.1, 0.15) is 73.0 Å². The number of carbonyl (C=O) groups excluding carboxylic acids is 1. The smallest absolute Gasteiger partial charge is 0.469 e. The molecule has 1 atom stereocenters. The zero-order chi connectivity index (χ0) is 20.0. The van der Waals surface area contributed by atoms with E-state index in [1.54, 1.807) is 11.2 Å². The number of amides is 1. The molecule has 2 saturated heterocycles. The molecule has 0 saturated carbocycles. The summed E-state index contributed by atoms with van der Waals surface area (Å²) in [7, 11) is -0.432. The zero-order valence-corrected chi connectivity index (χ0v) is 17.6. The summed E-state index contributed by atoms with van der Waals surface area (Å²) in [4.78, 5) is 14.2. The van der Waals surface area contributed by atoms with Crippen molar-refractivity contribution in [1.82, 2.24) is 4.90 Å². The van der Waals surface area contributed by atoms with Crippen LogP contribution in [0.3, 0.4) is 0 Å². The van der Waals surface area contributed by atoms with Crippen molar-refractivity contribution in [3.63, 3.8) is 0 Å². The molecule has 0 radical (unpaired) electrons. The molecule has 1 aromatic rings. The van der Waals surface area contributed by atoms with Gasteiger partial charge < -0.3 is 23.4 Å². The maximum Gasteiger partial charge on any atom is 0.498 e. The molecule has 2 fully saturated rings. The highest BCUT2D eigenvalue weighted by molar-refractivity contribution is 6.62. The van der Waals surface area contributed by atoms with Crippen LogP contribution in [-0.2, 0) is 14.0 Å². The van der Waals surface area contributed by atoms with Gasteiger partial charge in [-0.05, 0) is 67.4 Å². The van der Waals surface area contributed by atoms with Crippen molar-refractivity contribution in [2.24, 2.45) is 0 Å². The number of ether oxygens (including phenoxy) is 1. The van der Waals surface area contributed by atoms with Gasteiger partial charge in [-0.15, -0.1) is 0 Å². The molecule has 0 aliphatic carbocycles. The first kappa shape index (κ1) is 20.3. The summed E-state index contributed by atoms with van der Waals surface area (Å²) >= 11 is 0. The number of likely N-dealkylation sites (tertiary alicyclic amines) is 1. The fourth-order valence-corrected chi connectivity index (χ4v) is 3.39. The first-order valence-corrected chi connectivity index (χ1v) is 9.80. The molecular weight excluding hydrogens is 345 g/mol. The van der Waals surface area contributed by atoms with Gasteiger partial charge in [-0.3, -0.25) is 0 Å². The summed E-state index contributed by atoms with van der Waals surface area (Å²) in [6.45, 7) is 15.1. The van der Waals surface area contributed by atoms with E-state index in [0.29, 0.717) is 6.54 Å². The van der Waals surface area contributed by atoms with E-state index >= 15 is 0 Å². The van der Waals surface area contributed by atoms with Gasteiger partial charge in [-0.2, -0.15) is 0 Å². The average molecular weight is 377 g/mol. The second-order valence-corrected chi connectivity index (χ2v) is 9.64. The molecule has 1 unspecified atom stereocenters. The van der Waals surface area contributed by atoms with Crippen LogP contribution in [0, 0.1) is 0 Å². The van der Waals surface area contributed by atoms with Crippen molar-refractivity contribution in [2.75, 3.05) is 13.1 Å². The van der Waals surface area contributed by atoms with Crippen molar-refractivity contribution in [1.29, 1.82) is 0 Å². The first-order valence-electron chi connectivity index (χ1n) is 9.80. The second-order valence-electron chi connectivity index (χ2n) is 9.64. The van der Waals surface area contributed by atoms with E-state index in [1.807, 2.05) is 54.5 Å². The van der Waals surface area contributed by atoms with E-state index in [2.05, 4.69) is 0 Å². The molecule has 3 rings (SSSR count). The fraction of sp³-hybridized carbons (Fsp3) is 0.750. The van der Waals surface area contributed by atoms with Gasteiger partial charge in [0.05, 0.1) is 17.5 Å². The Bertz CT molecular complexity index is 675. The van der Waals surface area contributed by atoms with Crippen LogP contribution in [0.4, 0.5) is 4.79 Å². The molecule has 150 valence electrons. The Balaban J connectivity index is 1.67. The van der Waals surface area contributed by atoms with Crippen molar-refractivity contribution < 1.29 is 23.3 Å². The molecule has 27 heavy (non-hydrogen) atoms.